The minimum atomic E-state index is -1.05. The molecule has 4 atom stereocenters. The van der Waals surface area contributed by atoms with Crippen LogP contribution in [0.15, 0.2) is 135 Å². The fourth-order valence-corrected chi connectivity index (χ4v) is 6.28. The third-order valence-corrected chi connectivity index (χ3v) is 10.1. The lowest BCUT2D eigenvalue weighted by Crippen LogP contribution is -2.45. The summed E-state index contributed by atoms with van der Waals surface area (Å²) in [5.41, 5.74) is 10.0. The molecule has 0 saturated heterocycles. The monoisotopic (exact) mass is 922 g/mol. The number of allylic oxidation sites excluding steroid dienone is 2. The summed E-state index contributed by atoms with van der Waals surface area (Å²) < 4.78 is 10.4. The Balaban J connectivity index is 0.000000397. The molecule has 0 aliphatic heterocycles. The van der Waals surface area contributed by atoms with Gasteiger partial charge in [0.2, 0.25) is 5.91 Å². The van der Waals surface area contributed by atoms with E-state index in [0.717, 1.165) is 27.9 Å². The largest absolute Gasteiger partial charge is 0.481 e. The number of carbonyl (C=O) groups is 6. The van der Waals surface area contributed by atoms with Gasteiger partial charge in [0.25, 0.3) is 0 Å². The highest BCUT2D eigenvalue weighted by atomic mass is 16.6. The fourth-order valence-electron chi connectivity index (χ4n) is 6.28. The van der Waals surface area contributed by atoms with Crippen molar-refractivity contribution in [3.8, 4) is 0 Å². The SMILES string of the molecule is C=CC[C@H](CC(=O)[C@@H](NC(=O)OCc1ccccc1)C(C)C)C(=O)Nc1ccc(CO)cc1.C=CC[C@H](CC(=O)[C@@H](NC(=O)OCc1ccccc1)C(C)C)C(=O)O.Nc1ccc(CO)cc1. The first-order valence-electron chi connectivity index (χ1n) is 21.9. The van der Waals surface area contributed by atoms with E-state index in [0.29, 0.717) is 12.1 Å². The highest BCUT2D eigenvalue weighted by molar-refractivity contribution is 5.97. The molecule has 15 nitrogen and oxygen atoms in total. The summed E-state index contributed by atoms with van der Waals surface area (Å²) in [6, 6.07) is 30.8. The molecule has 0 aliphatic rings. The molecule has 0 saturated carbocycles. The van der Waals surface area contributed by atoms with Gasteiger partial charge in [-0.15, -0.1) is 13.2 Å². The van der Waals surface area contributed by atoms with Gasteiger partial charge in [-0.2, -0.15) is 0 Å². The number of hydrogen-bond donors (Lipinski definition) is 7. The molecule has 4 aromatic rings. The van der Waals surface area contributed by atoms with Crippen LogP contribution in [0.1, 0.15) is 75.6 Å². The Hall–Kier alpha value is -7.10. The number of Topliss-reactive ketones (excluding diaryl/α,β-unsaturated/α-hetero) is 2. The normalized spacial score (nSPS) is 12.2. The molecule has 0 radical (unpaired) electrons. The van der Waals surface area contributed by atoms with Crippen LogP contribution < -0.4 is 21.7 Å². The molecule has 0 aromatic heterocycles. The summed E-state index contributed by atoms with van der Waals surface area (Å²) >= 11 is 0. The summed E-state index contributed by atoms with van der Waals surface area (Å²) in [4.78, 5) is 73.6. The lowest BCUT2D eigenvalue weighted by atomic mass is 9.90. The molecule has 4 rings (SSSR count). The van der Waals surface area contributed by atoms with Gasteiger partial charge in [-0.05, 0) is 71.2 Å². The van der Waals surface area contributed by atoms with Crippen LogP contribution >= 0.6 is 0 Å². The Kier molecular flexibility index (Phi) is 25.9. The first-order chi connectivity index (χ1) is 32.0. The Morgan fingerprint density at radius 1 is 0.582 bits per heavy atom. The van der Waals surface area contributed by atoms with Gasteiger partial charge in [-0.25, -0.2) is 9.59 Å². The van der Waals surface area contributed by atoms with Gasteiger partial charge in [-0.1, -0.05) is 125 Å². The number of rotatable bonds is 23. The molecule has 0 aliphatic carbocycles. The maximum atomic E-state index is 13.0. The van der Waals surface area contributed by atoms with E-state index < -0.39 is 42.1 Å². The zero-order valence-corrected chi connectivity index (χ0v) is 38.8. The van der Waals surface area contributed by atoms with E-state index in [2.05, 4.69) is 29.1 Å². The lowest BCUT2D eigenvalue weighted by molar-refractivity contribution is -0.144. The maximum absolute atomic E-state index is 13.0. The molecule has 15 heteroatoms. The van der Waals surface area contributed by atoms with E-state index in [1.807, 2.05) is 74.5 Å². The van der Waals surface area contributed by atoms with Crippen molar-refractivity contribution in [2.45, 2.75) is 91.9 Å². The number of carbonyl (C=O) groups excluding carboxylic acids is 5. The minimum Gasteiger partial charge on any atom is -0.481 e. The van der Waals surface area contributed by atoms with E-state index >= 15 is 0 Å². The van der Waals surface area contributed by atoms with Gasteiger partial charge >= 0.3 is 18.2 Å². The number of benzene rings is 4. The zero-order valence-electron chi connectivity index (χ0n) is 38.8. The number of aliphatic hydroxyl groups excluding tert-OH is 2. The molecule has 0 heterocycles. The summed E-state index contributed by atoms with van der Waals surface area (Å²) in [6.07, 6.45) is 1.99. The molecule has 0 spiro atoms. The van der Waals surface area contributed by atoms with Crippen LogP contribution in [0.2, 0.25) is 0 Å². The van der Waals surface area contributed by atoms with E-state index in [4.69, 9.17) is 30.5 Å². The third-order valence-electron chi connectivity index (χ3n) is 10.1. The van der Waals surface area contributed by atoms with Crippen molar-refractivity contribution < 1.29 is 53.6 Å². The van der Waals surface area contributed by atoms with Gasteiger partial charge < -0.3 is 46.5 Å². The van der Waals surface area contributed by atoms with Crippen LogP contribution in [-0.4, -0.2) is 63.0 Å². The maximum Gasteiger partial charge on any atom is 0.408 e. The molecule has 8 N–H and O–H groups in total. The first-order valence-corrected chi connectivity index (χ1v) is 21.9. The number of carboxylic acids is 1. The second-order valence-electron chi connectivity index (χ2n) is 16.2. The average molecular weight is 923 g/mol. The molecule has 67 heavy (non-hydrogen) atoms. The van der Waals surface area contributed by atoms with Crippen LogP contribution in [0.25, 0.3) is 0 Å². The van der Waals surface area contributed by atoms with Gasteiger partial charge in [0.15, 0.2) is 11.6 Å². The van der Waals surface area contributed by atoms with Crippen molar-refractivity contribution in [1.29, 1.82) is 0 Å². The van der Waals surface area contributed by atoms with Crippen LogP contribution in [0.5, 0.6) is 0 Å². The van der Waals surface area contributed by atoms with Crippen LogP contribution in [-0.2, 0) is 55.1 Å². The van der Waals surface area contributed by atoms with Gasteiger partial charge in [-0.3, -0.25) is 19.2 Å². The van der Waals surface area contributed by atoms with Crippen LogP contribution in [0, 0.1) is 23.7 Å². The van der Waals surface area contributed by atoms with Crippen molar-refractivity contribution in [3.63, 3.8) is 0 Å². The Morgan fingerprint density at radius 2 is 0.970 bits per heavy atom. The number of nitrogens with one attached hydrogen (secondary N) is 3. The highest BCUT2D eigenvalue weighted by Gasteiger charge is 2.31. The van der Waals surface area contributed by atoms with E-state index in [-0.39, 0.29) is 75.0 Å². The molecule has 0 fully saturated rings. The van der Waals surface area contributed by atoms with Crippen molar-refractivity contribution in [3.05, 3.63) is 157 Å². The van der Waals surface area contributed by atoms with Gasteiger partial charge in [0, 0.05) is 30.1 Å². The van der Waals surface area contributed by atoms with Crippen LogP contribution in [0.4, 0.5) is 21.0 Å². The van der Waals surface area contributed by atoms with E-state index in [9.17, 15) is 28.8 Å². The number of aliphatic hydroxyl groups is 2. The summed E-state index contributed by atoms with van der Waals surface area (Å²) in [5, 5.41) is 34.9. The molecular weight excluding hydrogens is 857 g/mol. The molecule has 0 unspecified atom stereocenters. The molecule has 0 bridgehead atoms. The van der Waals surface area contributed by atoms with Gasteiger partial charge in [0.1, 0.15) is 13.2 Å². The molecule has 3 amide bonds. The van der Waals surface area contributed by atoms with E-state index in [1.165, 1.54) is 6.08 Å². The van der Waals surface area contributed by atoms with E-state index in [1.54, 1.807) is 68.5 Å². The highest BCUT2D eigenvalue weighted by Crippen LogP contribution is 2.19. The smallest absolute Gasteiger partial charge is 0.408 e. The number of ether oxygens (including phenoxy) is 2. The number of anilines is 2. The summed E-state index contributed by atoms with van der Waals surface area (Å²) in [6.45, 7) is 14.6. The number of nitrogen functional groups attached to an aromatic ring is 1. The van der Waals surface area contributed by atoms with Crippen molar-refractivity contribution in [2.24, 2.45) is 23.7 Å². The standard InChI is InChI=1S/C26H32N2O5.C19H25NO5.C7H9NO/c1-4-8-21(25(31)27-22-13-11-19(16-29)12-14-22)15-23(30)24(18(2)3)28-26(32)33-17-20-9-6-5-7-10-20;1-4-8-15(18(22)23)11-16(21)17(13(2)3)20-19(24)25-12-14-9-6-5-7-10-14;8-7-3-1-6(5-9)2-4-7/h4-7,9-14,18,21,24,29H,1,8,15-17H2,2-3H3,(H,27,31)(H,28,32);4-7,9-10,13,15,17H,1,8,11-12H2,2-3H3,(H,20,24)(H,22,23);1-4,9H,5,8H2/t21-,24+;15-,17+;/m11./s1. The number of hydrogen-bond acceptors (Lipinski definition) is 11. The Bertz CT molecular complexity index is 2150. The summed E-state index contributed by atoms with van der Waals surface area (Å²) in [5.74, 6) is -3.78. The number of nitrogens with two attached hydrogens (primary N) is 1. The first kappa shape index (κ1) is 56.0. The average Bonchev–Trinajstić information content (AvgIpc) is 3.32. The Morgan fingerprint density at radius 3 is 1.34 bits per heavy atom. The predicted molar refractivity (Wildman–Crippen MR) is 258 cm³/mol. The number of alkyl carbamates (subject to hydrolysis) is 2. The van der Waals surface area contributed by atoms with Crippen LogP contribution in [0.3, 0.4) is 0 Å². The number of amides is 3. The molecule has 4 aromatic carbocycles. The minimum absolute atomic E-state index is 0.0472. The Labute approximate surface area is 393 Å². The summed E-state index contributed by atoms with van der Waals surface area (Å²) in [7, 11) is 0. The van der Waals surface area contributed by atoms with Crippen molar-refractivity contribution >= 4 is 47.0 Å². The van der Waals surface area contributed by atoms with Crippen molar-refractivity contribution in [1.82, 2.24) is 10.6 Å². The predicted octanol–water partition coefficient (Wildman–Crippen LogP) is 8.15. The molecular formula is C52H66N4O11. The topological polar surface area (TPSA) is 244 Å². The molecule has 360 valence electrons. The fraction of sp³-hybridized carbons (Fsp3) is 0.346. The zero-order chi connectivity index (χ0) is 49.7. The number of ketones is 2. The number of carboxylic acid groups (broad SMARTS) is 1. The number of aliphatic carboxylic acids is 1. The second kappa shape index (κ2) is 30.9. The second-order valence-corrected chi connectivity index (χ2v) is 16.2. The van der Waals surface area contributed by atoms with Crippen molar-refractivity contribution in [2.75, 3.05) is 11.1 Å². The third kappa shape index (κ3) is 22.1. The quantitative estimate of drug-likeness (QED) is 0.0275. The lowest BCUT2D eigenvalue weighted by Gasteiger charge is -2.23. The van der Waals surface area contributed by atoms with Gasteiger partial charge in [0.05, 0.1) is 31.2 Å².